The van der Waals surface area contributed by atoms with E-state index in [-0.39, 0.29) is 0 Å². The lowest BCUT2D eigenvalue weighted by Crippen LogP contribution is -2.23. The van der Waals surface area contributed by atoms with Crippen LogP contribution in [-0.2, 0) is 11.3 Å². The fourth-order valence-electron chi connectivity index (χ4n) is 2.75. The van der Waals surface area contributed by atoms with Crippen LogP contribution in [0.1, 0.15) is 43.0 Å². The highest BCUT2D eigenvalue weighted by Crippen LogP contribution is 2.23. The van der Waals surface area contributed by atoms with E-state index in [0.29, 0.717) is 0 Å². The predicted molar refractivity (Wildman–Crippen MR) is 83.9 cm³/mol. The molecule has 4 heteroatoms. The number of aliphatic carboxylic acids is 1. The molecule has 2 rings (SSSR count). The number of nitrogens with zero attached hydrogens (tertiary/aromatic N) is 1. The van der Waals surface area contributed by atoms with Gasteiger partial charge in [-0.3, -0.25) is 4.90 Å². The zero-order valence-corrected chi connectivity index (χ0v) is 12.9. The molecular weight excluding hydrogens is 270 g/mol. The molecule has 3 nitrogen and oxygen atoms in total. The Balaban J connectivity index is 1.88. The number of thiophene rings is 1. The summed E-state index contributed by atoms with van der Waals surface area (Å²) in [6, 6.07) is 2.10. The smallest absolute Gasteiger partial charge is 0.328 e. The molecule has 0 bridgehead atoms. The van der Waals surface area contributed by atoms with E-state index in [1.54, 1.807) is 17.4 Å². The summed E-state index contributed by atoms with van der Waals surface area (Å²) in [6.07, 6.45) is 8.14. The SMILES string of the molecule is CCC1CCCN(Cc2cc(C=CC(=O)O)cs2)CC1. The Bertz CT molecular complexity index is 467. The van der Waals surface area contributed by atoms with E-state index < -0.39 is 5.97 Å². The van der Waals surface area contributed by atoms with Crippen molar-refractivity contribution in [1.82, 2.24) is 4.90 Å². The van der Waals surface area contributed by atoms with Crippen molar-refractivity contribution in [2.75, 3.05) is 13.1 Å². The van der Waals surface area contributed by atoms with Gasteiger partial charge in [-0.05, 0) is 61.4 Å². The van der Waals surface area contributed by atoms with Gasteiger partial charge in [-0.1, -0.05) is 13.3 Å². The summed E-state index contributed by atoms with van der Waals surface area (Å²) in [5.41, 5.74) is 0.994. The van der Waals surface area contributed by atoms with Crippen molar-refractivity contribution in [1.29, 1.82) is 0 Å². The fourth-order valence-corrected chi connectivity index (χ4v) is 3.64. The first-order valence-corrected chi connectivity index (χ1v) is 8.26. The second-order valence-electron chi connectivity index (χ2n) is 5.50. The van der Waals surface area contributed by atoms with Crippen molar-refractivity contribution >= 4 is 23.4 Å². The van der Waals surface area contributed by atoms with E-state index in [1.165, 1.54) is 49.7 Å². The molecule has 0 aliphatic carbocycles. The van der Waals surface area contributed by atoms with E-state index >= 15 is 0 Å². The van der Waals surface area contributed by atoms with Gasteiger partial charge in [0.2, 0.25) is 0 Å². The predicted octanol–water partition coefficient (Wildman–Crippen LogP) is 3.86. The molecule has 0 saturated carbocycles. The highest BCUT2D eigenvalue weighted by Gasteiger charge is 2.16. The first-order valence-electron chi connectivity index (χ1n) is 7.38. The molecule has 0 radical (unpaired) electrons. The normalized spacial score (nSPS) is 21.1. The van der Waals surface area contributed by atoms with Crippen LogP contribution in [0.15, 0.2) is 17.5 Å². The Kier molecular flexibility index (Phi) is 5.80. The second-order valence-corrected chi connectivity index (χ2v) is 6.50. The van der Waals surface area contributed by atoms with Crippen molar-refractivity contribution in [3.63, 3.8) is 0 Å². The summed E-state index contributed by atoms with van der Waals surface area (Å²) >= 11 is 1.72. The van der Waals surface area contributed by atoms with Crippen molar-refractivity contribution in [2.24, 2.45) is 5.92 Å². The van der Waals surface area contributed by atoms with Crippen LogP contribution in [0.3, 0.4) is 0 Å². The van der Waals surface area contributed by atoms with Crippen LogP contribution in [0.25, 0.3) is 6.08 Å². The maximum absolute atomic E-state index is 10.5. The Hall–Kier alpha value is -1.13. The summed E-state index contributed by atoms with van der Waals surface area (Å²) in [5, 5.41) is 10.7. The third-order valence-electron chi connectivity index (χ3n) is 3.99. The number of carboxylic acids is 1. The van der Waals surface area contributed by atoms with E-state index in [2.05, 4.69) is 17.9 Å². The number of hydrogen-bond donors (Lipinski definition) is 1. The van der Waals surface area contributed by atoms with Crippen molar-refractivity contribution in [3.8, 4) is 0 Å². The third kappa shape index (κ3) is 4.76. The van der Waals surface area contributed by atoms with E-state index in [1.807, 2.05) is 5.38 Å². The third-order valence-corrected chi connectivity index (χ3v) is 4.93. The maximum Gasteiger partial charge on any atom is 0.328 e. The Morgan fingerprint density at radius 2 is 2.35 bits per heavy atom. The zero-order chi connectivity index (χ0) is 14.4. The molecule has 1 aliphatic heterocycles. The van der Waals surface area contributed by atoms with Gasteiger partial charge in [-0.2, -0.15) is 0 Å². The van der Waals surface area contributed by atoms with Crippen LogP contribution in [0, 0.1) is 5.92 Å². The minimum absolute atomic E-state index is 0.893. The van der Waals surface area contributed by atoms with E-state index in [4.69, 9.17) is 5.11 Å². The first-order chi connectivity index (χ1) is 9.67. The molecule has 1 atom stereocenters. The average molecular weight is 293 g/mol. The molecule has 0 spiro atoms. The van der Waals surface area contributed by atoms with Crippen LogP contribution < -0.4 is 0 Å². The van der Waals surface area contributed by atoms with Gasteiger partial charge in [0.1, 0.15) is 0 Å². The number of likely N-dealkylation sites (tertiary alicyclic amines) is 1. The van der Waals surface area contributed by atoms with E-state index in [0.717, 1.165) is 18.0 Å². The molecule has 0 aromatic carbocycles. The largest absolute Gasteiger partial charge is 0.478 e. The Morgan fingerprint density at radius 3 is 3.10 bits per heavy atom. The fraction of sp³-hybridized carbons (Fsp3) is 0.562. The summed E-state index contributed by atoms with van der Waals surface area (Å²) in [6.45, 7) is 5.67. The van der Waals surface area contributed by atoms with Gasteiger partial charge >= 0.3 is 5.97 Å². The van der Waals surface area contributed by atoms with Crippen molar-refractivity contribution in [3.05, 3.63) is 28.0 Å². The minimum atomic E-state index is -0.893. The van der Waals surface area contributed by atoms with E-state index in [9.17, 15) is 4.79 Å². The van der Waals surface area contributed by atoms with Crippen LogP contribution in [0.2, 0.25) is 0 Å². The van der Waals surface area contributed by atoms with Gasteiger partial charge in [-0.15, -0.1) is 11.3 Å². The standard InChI is InChI=1S/C16H23NO2S/c1-2-13-4-3-8-17(9-7-13)11-15-10-14(12-20-15)5-6-16(18)19/h5-6,10,12-13H,2-4,7-9,11H2,1H3,(H,18,19). The topological polar surface area (TPSA) is 40.5 Å². The number of carboxylic acid groups (broad SMARTS) is 1. The highest BCUT2D eigenvalue weighted by molar-refractivity contribution is 7.10. The molecule has 20 heavy (non-hydrogen) atoms. The lowest BCUT2D eigenvalue weighted by molar-refractivity contribution is -0.131. The molecule has 110 valence electrons. The zero-order valence-electron chi connectivity index (χ0n) is 12.0. The Morgan fingerprint density at radius 1 is 1.50 bits per heavy atom. The van der Waals surface area contributed by atoms with Gasteiger partial charge in [0.05, 0.1) is 0 Å². The summed E-state index contributed by atoms with van der Waals surface area (Å²) < 4.78 is 0. The Labute approximate surface area is 124 Å². The monoisotopic (exact) mass is 293 g/mol. The van der Waals surface area contributed by atoms with Crippen molar-refractivity contribution < 1.29 is 9.90 Å². The molecule has 1 saturated heterocycles. The molecule has 2 heterocycles. The lowest BCUT2D eigenvalue weighted by atomic mass is 9.98. The molecular formula is C16H23NO2S. The molecule has 1 fully saturated rings. The number of rotatable bonds is 5. The lowest BCUT2D eigenvalue weighted by Gasteiger charge is -2.19. The molecule has 1 aromatic heterocycles. The summed E-state index contributed by atoms with van der Waals surface area (Å²) in [5.74, 6) is 0.00766. The van der Waals surface area contributed by atoms with Gasteiger partial charge in [-0.25, -0.2) is 4.79 Å². The highest BCUT2D eigenvalue weighted by atomic mass is 32.1. The maximum atomic E-state index is 10.5. The van der Waals surface area contributed by atoms with Gasteiger partial charge in [0.15, 0.2) is 0 Å². The van der Waals surface area contributed by atoms with Crippen molar-refractivity contribution in [2.45, 2.75) is 39.2 Å². The van der Waals surface area contributed by atoms with Crippen LogP contribution in [0.4, 0.5) is 0 Å². The summed E-state index contributed by atoms with van der Waals surface area (Å²) in [4.78, 5) is 14.4. The molecule has 0 amide bonds. The van der Waals surface area contributed by atoms with Gasteiger partial charge in [0.25, 0.3) is 0 Å². The second kappa shape index (κ2) is 7.60. The van der Waals surface area contributed by atoms with Gasteiger partial charge in [0, 0.05) is 17.5 Å². The minimum Gasteiger partial charge on any atom is -0.478 e. The first kappa shape index (κ1) is 15.3. The summed E-state index contributed by atoms with van der Waals surface area (Å²) in [7, 11) is 0. The molecule has 1 N–H and O–H groups in total. The molecule has 1 aromatic rings. The van der Waals surface area contributed by atoms with Crippen LogP contribution in [-0.4, -0.2) is 29.1 Å². The van der Waals surface area contributed by atoms with Crippen LogP contribution in [0.5, 0.6) is 0 Å². The number of hydrogen-bond acceptors (Lipinski definition) is 3. The van der Waals surface area contributed by atoms with Crippen LogP contribution >= 0.6 is 11.3 Å². The average Bonchev–Trinajstić information content (AvgIpc) is 2.74. The quantitative estimate of drug-likeness (QED) is 0.838. The molecule has 1 unspecified atom stereocenters. The number of carbonyl (C=O) groups is 1. The van der Waals surface area contributed by atoms with Gasteiger partial charge < -0.3 is 5.11 Å². The molecule has 1 aliphatic rings.